The summed E-state index contributed by atoms with van der Waals surface area (Å²) in [5.74, 6) is 0.314. The van der Waals surface area contributed by atoms with E-state index in [2.05, 4.69) is 26.1 Å². The number of rotatable bonds is 8. The molecule has 0 aliphatic heterocycles. The molecular weight excluding hydrogens is 358 g/mol. The molecule has 0 bridgehead atoms. The van der Waals surface area contributed by atoms with Crippen LogP contribution in [0.3, 0.4) is 0 Å². The predicted molar refractivity (Wildman–Crippen MR) is 107 cm³/mol. The van der Waals surface area contributed by atoms with Gasteiger partial charge in [-0.05, 0) is 35.2 Å². The third kappa shape index (κ3) is 6.30. The Morgan fingerprint density at radius 2 is 1.61 bits per heavy atom. The zero-order valence-corrected chi connectivity index (χ0v) is 16.8. The lowest BCUT2D eigenvalue weighted by Crippen LogP contribution is -2.32. The number of para-hydroxylation sites is 2. The fourth-order valence-electron chi connectivity index (χ4n) is 2.46. The molecule has 0 atom stereocenters. The Morgan fingerprint density at radius 1 is 0.964 bits per heavy atom. The van der Waals surface area contributed by atoms with Gasteiger partial charge in [0, 0.05) is 0 Å². The van der Waals surface area contributed by atoms with Crippen molar-refractivity contribution in [2.75, 3.05) is 26.9 Å². The highest BCUT2D eigenvalue weighted by Crippen LogP contribution is 2.25. The molecular formula is C22H27NO5. The maximum Gasteiger partial charge on any atom is 0.338 e. The van der Waals surface area contributed by atoms with Gasteiger partial charge >= 0.3 is 5.97 Å². The lowest BCUT2D eigenvalue weighted by molar-refractivity contribution is -0.124. The van der Waals surface area contributed by atoms with Crippen LogP contribution in [0.2, 0.25) is 0 Å². The lowest BCUT2D eigenvalue weighted by Gasteiger charge is -2.18. The van der Waals surface area contributed by atoms with Gasteiger partial charge < -0.3 is 19.5 Å². The van der Waals surface area contributed by atoms with Gasteiger partial charge in [-0.2, -0.15) is 0 Å². The topological polar surface area (TPSA) is 73.9 Å². The minimum atomic E-state index is -0.527. The van der Waals surface area contributed by atoms with Crippen molar-refractivity contribution >= 4 is 11.9 Å². The smallest absolute Gasteiger partial charge is 0.338 e. The largest absolute Gasteiger partial charge is 0.493 e. The van der Waals surface area contributed by atoms with Crippen LogP contribution in [0.4, 0.5) is 0 Å². The molecule has 0 unspecified atom stereocenters. The first-order valence-corrected chi connectivity index (χ1v) is 9.11. The summed E-state index contributed by atoms with van der Waals surface area (Å²) in [7, 11) is 1.56. The average molecular weight is 385 g/mol. The molecule has 0 aliphatic rings. The Kier molecular flexibility index (Phi) is 7.44. The van der Waals surface area contributed by atoms with Crippen LogP contribution in [-0.4, -0.2) is 38.7 Å². The zero-order chi connectivity index (χ0) is 20.6. The summed E-state index contributed by atoms with van der Waals surface area (Å²) in [6.45, 7) is 6.52. The van der Waals surface area contributed by atoms with Crippen LogP contribution in [0, 0.1) is 0 Å². The quantitative estimate of drug-likeness (QED) is 0.557. The second-order valence-corrected chi connectivity index (χ2v) is 7.25. The molecule has 2 aromatic rings. The van der Waals surface area contributed by atoms with Crippen molar-refractivity contribution in [3.8, 4) is 11.5 Å². The van der Waals surface area contributed by atoms with E-state index in [1.165, 1.54) is 0 Å². The molecule has 0 saturated heterocycles. The van der Waals surface area contributed by atoms with Gasteiger partial charge in [-0.15, -0.1) is 0 Å². The van der Waals surface area contributed by atoms with Crippen LogP contribution >= 0.6 is 0 Å². The van der Waals surface area contributed by atoms with E-state index in [1.54, 1.807) is 31.4 Å². The number of esters is 1. The van der Waals surface area contributed by atoms with E-state index in [4.69, 9.17) is 14.2 Å². The van der Waals surface area contributed by atoms with Crippen molar-refractivity contribution in [1.29, 1.82) is 0 Å². The molecule has 0 radical (unpaired) electrons. The van der Waals surface area contributed by atoms with Gasteiger partial charge in [-0.25, -0.2) is 4.79 Å². The molecule has 2 aromatic carbocycles. The number of hydrogen-bond acceptors (Lipinski definition) is 5. The number of nitrogens with one attached hydrogen (secondary N) is 1. The summed E-state index contributed by atoms with van der Waals surface area (Å²) in [5, 5.41) is 2.64. The van der Waals surface area contributed by atoms with E-state index in [0.29, 0.717) is 17.1 Å². The van der Waals surface area contributed by atoms with Crippen molar-refractivity contribution in [2.24, 2.45) is 0 Å². The Morgan fingerprint density at radius 3 is 2.21 bits per heavy atom. The number of carbonyl (C=O) groups excluding carboxylic acids is 2. The van der Waals surface area contributed by atoms with Crippen LogP contribution in [0.15, 0.2) is 48.5 Å². The molecule has 0 saturated carbocycles. The van der Waals surface area contributed by atoms with Gasteiger partial charge in [0.05, 0.1) is 19.2 Å². The lowest BCUT2D eigenvalue weighted by atomic mass is 9.87. The maximum atomic E-state index is 12.1. The predicted octanol–water partition coefficient (Wildman–Crippen LogP) is 3.34. The molecule has 0 fully saturated rings. The van der Waals surface area contributed by atoms with Crippen molar-refractivity contribution in [3.05, 3.63) is 59.7 Å². The molecule has 150 valence electrons. The van der Waals surface area contributed by atoms with E-state index in [0.717, 1.165) is 5.56 Å². The second-order valence-electron chi connectivity index (χ2n) is 7.25. The molecule has 0 aromatic heterocycles. The first-order chi connectivity index (χ1) is 13.3. The van der Waals surface area contributed by atoms with Crippen molar-refractivity contribution in [3.63, 3.8) is 0 Å². The Hall–Kier alpha value is -3.02. The van der Waals surface area contributed by atoms with Gasteiger partial charge in [0.15, 0.2) is 18.1 Å². The van der Waals surface area contributed by atoms with Gasteiger partial charge in [-0.1, -0.05) is 45.0 Å². The van der Waals surface area contributed by atoms with E-state index in [9.17, 15) is 9.59 Å². The van der Waals surface area contributed by atoms with E-state index in [-0.39, 0.29) is 31.1 Å². The SMILES string of the molecule is COc1ccccc1OCCNC(=O)COC(=O)c1ccc(C(C)(C)C)cc1. The van der Waals surface area contributed by atoms with Crippen molar-refractivity contribution < 1.29 is 23.8 Å². The third-order valence-corrected chi connectivity index (χ3v) is 4.07. The highest BCUT2D eigenvalue weighted by molar-refractivity contribution is 5.91. The Labute approximate surface area is 165 Å². The normalized spacial score (nSPS) is 10.9. The maximum absolute atomic E-state index is 12.1. The van der Waals surface area contributed by atoms with E-state index in [1.807, 2.05) is 24.3 Å². The van der Waals surface area contributed by atoms with Gasteiger partial charge in [0.25, 0.3) is 5.91 Å². The molecule has 1 N–H and O–H groups in total. The molecule has 0 heterocycles. The third-order valence-electron chi connectivity index (χ3n) is 4.07. The summed E-state index contributed by atoms with van der Waals surface area (Å²) in [5.41, 5.74) is 1.55. The van der Waals surface area contributed by atoms with Gasteiger partial charge in [0.2, 0.25) is 0 Å². The number of benzene rings is 2. The summed E-state index contributed by atoms with van der Waals surface area (Å²) in [6, 6.07) is 14.5. The highest BCUT2D eigenvalue weighted by Gasteiger charge is 2.15. The Bertz CT molecular complexity index is 793. The van der Waals surface area contributed by atoms with Crippen molar-refractivity contribution in [2.45, 2.75) is 26.2 Å². The first-order valence-electron chi connectivity index (χ1n) is 9.11. The van der Waals surface area contributed by atoms with Crippen LogP contribution < -0.4 is 14.8 Å². The van der Waals surface area contributed by atoms with Crippen LogP contribution in [0.5, 0.6) is 11.5 Å². The number of ether oxygens (including phenoxy) is 3. The number of methoxy groups -OCH3 is 1. The minimum absolute atomic E-state index is 0.00809. The van der Waals surface area contributed by atoms with Crippen LogP contribution in [-0.2, 0) is 14.9 Å². The van der Waals surface area contributed by atoms with Gasteiger partial charge in [-0.3, -0.25) is 4.79 Å². The molecule has 1 amide bonds. The first kappa shape index (κ1) is 21.3. The second kappa shape index (κ2) is 9.78. The summed E-state index contributed by atoms with van der Waals surface area (Å²) in [6.07, 6.45) is 0. The number of carbonyl (C=O) groups is 2. The molecule has 2 rings (SSSR count). The minimum Gasteiger partial charge on any atom is -0.493 e. The van der Waals surface area contributed by atoms with Gasteiger partial charge in [0.1, 0.15) is 6.61 Å². The molecule has 6 nitrogen and oxygen atoms in total. The number of hydrogen-bond donors (Lipinski definition) is 1. The summed E-state index contributed by atoms with van der Waals surface area (Å²) < 4.78 is 15.8. The molecule has 0 aliphatic carbocycles. The fourth-order valence-corrected chi connectivity index (χ4v) is 2.46. The van der Waals surface area contributed by atoms with Crippen LogP contribution in [0.25, 0.3) is 0 Å². The average Bonchev–Trinajstić information content (AvgIpc) is 2.69. The molecule has 28 heavy (non-hydrogen) atoms. The monoisotopic (exact) mass is 385 g/mol. The van der Waals surface area contributed by atoms with E-state index < -0.39 is 5.97 Å². The molecule has 6 heteroatoms. The Balaban J connectivity index is 1.71. The summed E-state index contributed by atoms with van der Waals surface area (Å²) >= 11 is 0. The molecule has 0 spiro atoms. The highest BCUT2D eigenvalue weighted by atomic mass is 16.5. The fraction of sp³-hybridized carbons (Fsp3) is 0.364. The van der Waals surface area contributed by atoms with Crippen LogP contribution in [0.1, 0.15) is 36.7 Å². The van der Waals surface area contributed by atoms with E-state index >= 15 is 0 Å². The zero-order valence-electron chi connectivity index (χ0n) is 16.8. The standard InChI is InChI=1S/C22H27NO5/c1-22(2,3)17-11-9-16(10-12-17)21(25)28-15-20(24)23-13-14-27-19-8-6-5-7-18(19)26-4/h5-12H,13-15H2,1-4H3,(H,23,24). The van der Waals surface area contributed by atoms with Crippen molar-refractivity contribution in [1.82, 2.24) is 5.32 Å². The summed E-state index contributed by atoms with van der Waals surface area (Å²) in [4.78, 5) is 23.9. The number of amides is 1.